The molecule has 1 aromatic rings. The van der Waals surface area contributed by atoms with Crippen molar-refractivity contribution in [2.75, 3.05) is 18.4 Å². The molecule has 0 amide bonds. The Labute approximate surface area is 136 Å². The Bertz CT molecular complexity index is 654. The van der Waals surface area contributed by atoms with E-state index in [0.717, 1.165) is 12.8 Å². The molecular weight excluding hydrogens is 318 g/mol. The number of nitrogens with zero attached hydrogens (tertiary/aromatic N) is 2. The van der Waals surface area contributed by atoms with Crippen molar-refractivity contribution in [1.29, 1.82) is 0 Å². The Kier molecular flexibility index (Phi) is 5.59. The van der Waals surface area contributed by atoms with Crippen LogP contribution in [0.5, 0.6) is 0 Å². The Morgan fingerprint density at radius 3 is 2.61 bits per heavy atom. The van der Waals surface area contributed by atoms with E-state index in [1.165, 1.54) is 22.6 Å². The van der Waals surface area contributed by atoms with Crippen molar-refractivity contribution in [2.24, 2.45) is 5.92 Å². The van der Waals surface area contributed by atoms with Crippen LogP contribution in [-0.4, -0.2) is 47.9 Å². The molecule has 2 heterocycles. The number of pyridine rings is 1. The molecule has 1 aliphatic heterocycles. The van der Waals surface area contributed by atoms with E-state index in [-0.39, 0.29) is 16.6 Å². The molecule has 1 saturated heterocycles. The van der Waals surface area contributed by atoms with Crippen molar-refractivity contribution in [3.05, 3.63) is 18.3 Å². The average Bonchev–Trinajstić information content (AvgIpc) is 3.01. The summed E-state index contributed by atoms with van der Waals surface area (Å²) in [5.74, 6) is -0.522. The number of aliphatic carboxylic acids is 1. The maximum absolute atomic E-state index is 12.5. The number of carbonyl (C=O) groups is 1. The van der Waals surface area contributed by atoms with Gasteiger partial charge >= 0.3 is 5.97 Å². The predicted octanol–water partition coefficient (Wildman–Crippen LogP) is 1.78. The standard InChI is InChI=1S/C15H23N3O4S/c1-11(2)9-13(15(19)20)17-14-10-12(5-6-16-14)23(21,22)18-7-3-4-8-18/h5-6,10-11,13H,3-4,7-9H2,1-2H3,(H,16,17)(H,19,20)/t13-/m1/s1. The van der Waals surface area contributed by atoms with E-state index >= 15 is 0 Å². The lowest BCUT2D eigenvalue weighted by Gasteiger charge is -2.19. The summed E-state index contributed by atoms with van der Waals surface area (Å²) in [6, 6.07) is 2.05. The molecule has 0 spiro atoms. The van der Waals surface area contributed by atoms with Gasteiger partial charge in [0.25, 0.3) is 0 Å². The molecule has 8 heteroatoms. The summed E-state index contributed by atoms with van der Waals surface area (Å²) in [6.07, 6.45) is 3.55. The minimum Gasteiger partial charge on any atom is -0.480 e. The van der Waals surface area contributed by atoms with Crippen molar-refractivity contribution < 1.29 is 18.3 Å². The van der Waals surface area contributed by atoms with Crippen molar-refractivity contribution in [1.82, 2.24) is 9.29 Å². The Hall–Kier alpha value is -1.67. The van der Waals surface area contributed by atoms with Crippen molar-refractivity contribution in [3.63, 3.8) is 0 Å². The third-order valence-corrected chi connectivity index (χ3v) is 5.66. The van der Waals surface area contributed by atoms with Gasteiger partial charge in [0.1, 0.15) is 11.9 Å². The van der Waals surface area contributed by atoms with Crippen molar-refractivity contribution in [3.8, 4) is 0 Å². The van der Waals surface area contributed by atoms with Crippen LogP contribution in [0.25, 0.3) is 0 Å². The normalized spacial score (nSPS) is 17.3. The summed E-state index contributed by atoms with van der Waals surface area (Å²) < 4.78 is 26.5. The number of anilines is 1. The molecular formula is C15H23N3O4S. The molecule has 0 radical (unpaired) electrons. The number of rotatable bonds is 7. The third-order valence-electron chi connectivity index (χ3n) is 3.76. The van der Waals surface area contributed by atoms with Gasteiger partial charge in [-0.15, -0.1) is 0 Å². The second kappa shape index (κ2) is 7.27. The van der Waals surface area contributed by atoms with E-state index in [1.807, 2.05) is 13.8 Å². The molecule has 23 heavy (non-hydrogen) atoms. The van der Waals surface area contributed by atoms with E-state index < -0.39 is 22.0 Å². The highest BCUT2D eigenvalue weighted by molar-refractivity contribution is 7.89. The van der Waals surface area contributed by atoms with Gasteiger partial charge in [-0.05, 0) is 31.2 Å². The van der Waals surface area contributed by atoms with Crippen molar-refractivity contribution in [2.45, 2.75) is 44.0 Å². The summed E-state index contributed by atoms with van der Waals surface area (Å²) >= 11 is 0. The lowest BCUT2D eigenvalue weighted by atomic mass is 10.0. The zero-order valence-corrected chi connectivity index (χ0v) is 14.2. The minimum atomic E-state index is -3.53. The first-order valence-corrected chi connectivity index (χ1v) is 9.20. The number of sulfonamides is 1. The van der Waals surface area contributed by atoms with Crippen LogP contribution in [0.1, 0.15) is 33.1 Å². The SMILES string of the molecule is CC(C)C[C@@H](Nc1cc(S(=O)(=O)N2CCCC2)ccn1)C(=O)O. The lowest BCUT2D eigenvalue weighted by Crippen LogP contribution is -2.31. The Morgan fingerprint density at radius 1 is 1.39 bits per heavy atom. The van der Waals surface area contributed by atoms with Gasteiger partial charge in [0.15, 0.2) is 0 Å². The van der Waals surface area contributed by atoms with Gasteiger partial charge in [0.05, 0.1) is 4.90 Å². The molecule has 0 unspecified atom stereocenters. The maximum atomic E-state index is 12.5. The van der Waals surface area contributed by atoms with Gasteiger partial charge in [-0.1, -0.05) is 13.8 Å². The smallest absolute Gasteiger partial charge is 0.326 e. The largest absolute Gasteiger partial charge is 0.480 e. The number of carboxylic acids is 1. The van der Waals surface area contributed by atoms with Gasteiger partial charge in [0, 0.05) is 25.4 Å². The van der Waals surface area contributed by atoms with Gasteiger partial charge < -0.3 is 10.4 Å². The number of hydrogen-bond acceptors (Lipinski definition) is 5. The second-order valence-corrected chi connectivity index (χ2v) is 8.09. The quantitative estimate of drug-likeness (QED) is 0.784. The molecule has 0 aromatic carbocycles. The van der Waals surface area contributed by atoms with E-state index in [4.69, 9.17) is 0 Å². The molecule has 2 rings (SSSR count). The van der Waals surface area contributed by atoms with Crippen LogP contribution < -0.4 is 5.32 Å². The molecule has 1 aliphatic rings. The molecule has 128 valence electrons. The number of aromatic nitrogens is 1. The number of carboxylic acid groups (broad SMARTS) is 1. The Balaban J connectivity index is 2.20. The van der Waals surface area contributed by atoms with E-state index in [0.29, 0.717) is 19.5 Å². The fraction of sp³-hybridized carbons (Fsp3) is 0.600. The predicted molar refractivity (Wildman–Crippen MR) is 86.7 cm³/mol. The van der Waals surface area contributed by atoms with Crippen LogP contribution in [0.3, 0.4) is 0 Å². The highest BCUT2D eigenvalue weighted by Crippen LogP contribution is 2.22. The second-order valence-electron chi connectivity index (χ2n) is 6.15. The fourth-order valence-corrected chi connectivity index (χ4v) is 4.13. The van der Waals surface area contributed by atoms with Crippen LogP contribution in [-0.2, 0) is 14.8 Å². The first kappa shape index (κ1) is 17.7. The summed E-state index contributed by atoms with van der Waals surface area (Å²) in [6.45, 7) is 4.91. The summed E-state index contributed by atoms with van der Waals surface area (Å²) in [7, 11) is -3.53. The van der Waals surface area contributed by atoms with Crippen LogP contribution in [0, 0.1) is 5.92 Å². The Morgan fingerprint density at radius 2 is 2.04 bits per heavy atom. The summed E-state index contributed by atoms with van der Waals surface area (Å²) in [4.78, 5) is 15.5. The first-order valence-electron chi connectivity index (χ1n) is 7.76. The lowest BCUT2D eigenvalue weighted by molar-refractivity contribution is -0.138. The van der Waals surface area contributed by atoms with Crippen LogP contribution in [0.2, 0.25) is 0 Å². The molecule has 1 aromatic heterocycles. The molecule has 0 aliphatic carbocycles. The molecule has 0 bridgehead atoms. The average molecular weight is 341 g/mol. The molecule has 7 nitrogen and oxygen atoms in total. The number of nitrogens with one attached hydrogen (secondary N) is 1. The molecule has 1 fully saturated rings. The maximum Gasteiger partial charge on any atom is 0.326 e. The van der Waals surface area contributed by atoms with Gasteiger partial charge in [-0.25, -0.2) is 18.2 Å². The topological polar surface area (TPSA) is 99.6 Å². The molecule has 2 N–H and O–H groups in total. The first-order chi connectivity index (χ1) is 10.8. The highest BCUT2D eigenvalue weighted by atomic mass is 32.2. The van der Waals surface area contributed by atoms with Gasteiger partial charge in [0.2, 0.25) is 10.0 Å². The molecule has 1 atom stereocenters. The van der Waals surface area contributed by atoms with Crippen LogP contribution in [0.15, 0.2) is 23.2 Å². The zero-order chi connectivity index (χ0) is 17.0. The summed E-state index contributed by atoms with van der Waals surface area (Å²) in [5, 5.41) is 12.1. The number of hydrogen-bond donors (Lipinski definition) is 2. The third kappa shape index (κ3) is 4.42. The zero-order valence-electron chi connectivity index (χ0n) is 13.4. The van der Waals surface area contributed by atoms with Gasteiger partial charge in [-0.3, -0.25) is 0 Å². The van der Waals surface area contributed by atoms with Crippen LogP contribution >= 0.6 is 0 Å². The van der Waals surface area contributed by atoms with E-state index in [9.17, 15) is 18.3 Å². The van der Waals surface area contributed by atoms with Crippen LogP contribution in [0.4, 0.5) is 5.82 Å². The van der Waals surface area contributed by atoms with E-state index in [2.05, 4.69) is 10.3 Å². The van der Waals surface area contributed by atoms with Gasteiger partial charge in [-0.2, -0.15) is 4.31 Å². The summed E-state index contributed by atoms with van der Waals surface area (Å²) in [5.41, 5.74) is 0. The van der Waals surface area contributed by atoms with E-state index in [1.54, 1.807) is 0 Å². The van der Waals surface area contributed by atoms with Crippen molar-refractivity contribution >= 4 is 21.8 Å². The minimum absolute atomic E-state index is 0.144. The highest BCUT2D eigenvalue weighted by Gasteiger charge is 2.28. The fourth-order valence-electron chi connectivity index (χ4n) is 2.60. The molecule has 0 saturated carbocycles. The monoisotopic (exact) mass is 341 g/mol.